The van der Waals surface area contributed by atoms with Crippen molar-refractivity contribution in [2.75, 3.05) is 44.2 Å². The lowest BCUT2D eigenvalue weighted by Gasteiger charge is -2.34. The van der Waals surface area contributed by atoms with Crippen LogP contribution in [0, 0.1) is 13.8 Å². The summed E-state index contributed by atoms with van der Waals surface area (Å²) in [5.41, 5.74) is 3.54. The van der Waals surface area contributed by atoms with Gasteiger partial charge in [0.05, 0.1) is 5.69 Å². The maximum Gasteiger partial charge on any atom is 0.225 e. The zero-order chi connectivity index (χ0) is 16.1. The molecule has 0 amide bonds. The molecule has 0 spiro atoms. The van der Waals surface area contributed by atoms with E-state index < -0.39 is 0 Å². The van der Waals surface area contributed by atoms with Gasteiger partial charge in [0.25, 0.3) is 0 Å². The summed E-state index contributed by atoms with van der Waals surface area (Å²) in [5, 5.41) is 10.8. The van der Waals surface area contributed by atoms with E-state index in [4.69, 9.17) is 0 Å². The number of aromatic nitrogens is 4. The molecule has 0 aliphatic carbocycles. The highest BCUT2D eigenvalue weighted by atomic mass is 15.3. The largest absolute Gasteiger partial charge is 0.338 e. The van der Waals surface area contributed by atoms with Crippen LogP contribution in [0.3, 0.4) is 0 Å². The molecule has 0 unspecified atom stereocenters. The smallest absolute Gasteiger partial charge is 0.225 e. The van der Waals surface area contributed by atoms with Crippen molar-refractivity contribution in [3.63, 3.8) is 0 Å². The van der Waals surface area contributed by atoms with Gasteiger partial charge in [0.15, 0.2) is 0 Å². The Kier molecular flexibility index (Phi) is 5.19. The van der Waals surface area contributed by atoms with Crippen LogP contribution in [0.25, 0.3) is 0 Å². The van der Waals surface area contributed by atoms with Gasteiger partial charge in [-0.05, 0) is 19.9 Å². The minimum Gasteiger partial charge on any atom is -0.338 e. The molecule has 1 fully saturated rings. The number of hydrogen-bond acceptors (Lipinski definition) is 6. The van der Waals surface area contributed by atoms with E-state index in [9.17, 15) is 0 Å². The molecule has 2 N–H and O–H groups in total. The Morgan fingerprint density at radius 3 is 2.52 bits per heavy atom. The van der Waals surface area contributed by atoms with E-state index in [-0.39, 0.29) is 0 Å². The Morgan fingerprint density at radius 2 is 1.87 bits per heavy atom. The molecular weight excluding hydrogens is 290 g/mol. The number of piperazine rings is 1. The van der Waals surface area contributed by atoms with Crippen molar-refractivity contribution in [2.24, 2.45) is 0 Å². The standard InChI is InChI=1S/C16H25N7/c1-13-15(14(2)21-20-13)12-17-6-7-22-8-10-23(11-9-22)16-18-4-3-5-19-16/h3-5,17H,6-12H2,1-2H3,(H,20,21). The molecule has 3 heterocycles. The summed E-state index contributed by atoms with van der Waals surface area (Å²) in [6, 6.07) is 1.86. The van der Waals surface area contributed by atoms with E-state index in [0.717, 1.165) is 63.1 Å². The van der Waals surface area contributed by atoms with Gasteiger partial charge in [0, 0.05) is 69.5 Å². The summed E-state index contributed by atoms with van der Waals surface area (Å²) in [7, 11) is 0. The zero-order valence-corrected chi connectivity index (χ0v) is 13.9. The number of anilines is 1. The maximum atomic E-state index is 4.32. The number of aromatic amines is 1. The summed E-state index contributed by atoms with van der Waals surface area (Å²) >= 11 is 0. The van der Waals surface area contributed by atoms with Gasteiger partial charge in [-0.2, -0.15) is 5.10 Å². The third-order valence-corrected chi connectivity index (χ3v) is 4.39. The van der Waals surface area contributed by atoms with Crippen molar-refractivity contribution in [3.8, 4) is 0 Å². The molecule has 23 heavy (non-hydrogen) atoms. The predicted octanol–water partition coefficient (Wildman–Crippen LogP) is 0.728. The lowest BCUT2D eigenvalue weighted by atomic mass is 10.2. The summed E-state index contributed by atoms with van der Waals surface area (Å²) in [6.07, 6.45) is 3.61. The Hall–Kier alpha value is -1.99. The number of nitrogens with zero attached hydrogens (tertiary/aromatic N) is 5. The Morgan fingerprint density at radius 1 is 1.13 bits per heavy atom. The van der Waals surface area contributed by atoms with Crippen LogP contribution in [0.1, 0.15) is 17.0 Å². The van der Waals surface area contributed by atoms with Gasteiger partial charge in [-0.25, -0.2) is 9.97 Å². The van der Waals surface area contributed by atoms with Crippen LogP contribution in [0.2, 0.25) is 0 Å². The quantitative estimate of drug-likeness (QED) is 0.766. The molecule has 0 saturated carbocycles. The molecule has 0 radical (unpaired) electrons. The van der Waals surface area contributed by atoms with Crippen LogP contribution in [0.4, 0.5) is 5.95 Å². The third kappa shape index (κ3) is 4.05. The fourth-order valence-corrected chi connectivity index (χ4v) is 2.91. The first-order chi connectivity index (χ1) is 11.2. The van der Waals surface area contributed by atoms with Crippen LogP contribution in [-0.2, 0) is 6.54 Å². The van der Waals surface area contributed by atoms with Crippen molar-refractivity contribution >= 4 is 5.95 Å². The van der Waals surface area contributed by atoms with Gasteiger partial charge in [-0.1, -0.05) is 0 Å². The van der Waals surface area contributed by atoms with E-state index in [0.29, 0.717) is 0 Å². The van der Waals surface area contributed by atoms with Crippen molar-refractivity contribution in [3.05, 3.63) is 35.4 Å². The highest BCUT2D eigenvalue weighted by Gasteiger charge is 2.18. The van der Waals surface area contributed by atoms with Crippen LogP contribution in [-0.4, -0.2) is 64.3 Å². The molecule has 1 aliphatic heterocycles. The van der Waals surface area contributed by atoms with Crippen LogP contribution in [0.15, 0.2) is 18.5 Å². The molecule has 1 saturated heterocycles. The molecule has 0 aromatic carbocycles. The first-order valence-corrected chi connectivity index (χ1v) is 8.19. The lowest BCUT2D eigenvalue weighted by molar-refractivity contribution is 0.256. The summed E-state index contributed by atoms with van der Waals surface area (Å²) < 4.78 is 0. The van der Waals surface area contributed by atoms with E-state index >= 15 is 0 Å². The highest BCUT2D eigenvalue weighted by Crippen LogP contribution is 2.10. The minimum absolute atomic E-state index is 0.844. The average Bonchev–Trinajstić information content (AvgIpc) is 2.92. The van der Waals surface area contributed by atoms with Gasteiger partial charge < -0.3 is 10.2 Å². The van der Waals surface area contributed by atoms with Crippen LogP contribution < -0.4 is 10.2 Å². The summed E-state index contributed by atoms with van der Waals surface area (Å²) in [4.78, 5) is 13.4. The van der Waals surface area contributed by atoms with Gasteiger partial charge in [-0.3, -0.25) is 10.00 Å². The van der Waals surface area contributed by atoms with E-state index in [2.05, 4.69) is 42.2 Å². The first-order valence-electron chi connectivity index (χ1n) is 8.19. The number of H-pyrrole nitrogens is 1. The van der Waals surface area contributed by atoms with E-state index in [1.54, 1.807) is 12.4 Å². The first kappa shape index (κ1) is 15.9. The number of nitrogens with one attached hydrogen (secondary N) is 2. The Labute approximate surface area is 137 Å². The summed E-state index contributed by atoms with van der Waals surface area (Å²) in [5.74, 6) is 0.844. The molecule has 124 valence electrons. The molecular formula is C16H25N7. The SMILES string of the molecule is Cc1n[nH]c(C)c1CNCCN1CCN(c2ncccn2)CC1. The fraction of sp³-hybridized carbons (Fsp3) is 0.562. The number of aryl methyl sites for hydroxylation is 2. The lowest BCUT2D eigenvalue weighted by Crippen LogP contribution is -2.48. The maximum absolute atomic E-state index is 4.32. The minimum atomic E-state index is 0.844. The average molecular weight is 315 g/mol. The van der Waals surface area contributed by atoms with Crippen molar-refractivity contribution in [1.82, 2.24) is 30.4 Å². The second-order valence-electron chi connectivity index (χ2n) is 5.97. The molecule has 7 heteroatoms. The van der Waals surface area contributed by atoms with E-state index in [1.807, 2.05) is 13.0 Å². The van der Waals surface area contributed by atoms with Crippen LogP contribution >= 0.6 is 0 Å². The normalized spacial score (nSPS) is 16.0. The third-order valence-electron chi connectivity index (χ3n) is 4.39. The molecule has 0 atom stereocenters. The van der Waals surface area contributed by atoms with E-state index in [1.165, 1.54) is 5.56 Å². The van der Waals surface area contributed by atoms with Crippen molar-refractivity contribution in [1.29, 1.82) is 0 Å². The van der Waals surface area contributed by atoms with Gasteiger partial charge in [0.2, 0.25) is 5.95 Å². The van der Waals surface area contributed by atoms with Gasteiger partial charge in [-0.15, -0.1) is 0 Å². The summed E-state index contributed by atoms with van der Waals surface area (Å²) in [6.45, 7) is 11.2. The van der Waals surface area contributed by atoms with Gasteiger partial charge >= 0.3 is 0 Å². The molecule has 2 aromatic rings. The van der Waals surface area contributed by atoms with Gasteiger partial charge in [0.1, 0.15) is 0 Å². The topological polar surface area (TPSA) is 73.0 Å². The molecule has 3 rings (SSSR count). The molecule has 1 aliphatic rings. The van der Waals surface area contributed by atoms with Crippen LogP contribution in [0.5, 0.6) is 0 Å². The zero-order valence-electron chi connectivity index (χ0n) is 13.9. The fourth-order valence-electron chi connectivity index (χ4n) is 2.91. The van der Waals surface area contributed by atoms with Crippen molar-refractivity contribution in [2.45, 2.75) is 20.4 Å². The highest BCUT2D eigenvalue weighted by molar-refractivity contribution is 5.29. The monoisotopic (exact) mass is 315 g/mol. The number of hydrogen-bond donors (Lipinski definition) is 2. The Bertz CT molecular complexity index is 583. The number of rotatable bonds is 6. The molecule has 7 nitrogen and oxygen atoms in total. The van der Waals surface area contributed by atoms with Crippen molar-refractivity contribution < 1.29 is 0 Å². The molecule has 2 aromatic heterocycles. The second-order valence-corrected chi connectivity index (χ2v) is 5.97. The molecule has 0 bridgehead atoms. The second kappa shape index (κ2) is 7.52. The predicted molar refractivity (Wildman–Crippen MR) is 90.5 cm³/mol. The Balaban J connectivity index is 1.37.